The molecule has 7 heteroatoms. The zero-order valence-electron chi connectivity index (χ0n) is 14.6. The first-order chi connectivity index (χ1) is 12.5. The number of nitrogens with zero attached hydrogens (tertiary/aromatic N) is 4. The van der Waals surface area contributed by atoms with Gasteiger partial charge in [0.25, 0.3) is 5.56 Å². The Bertz CT molecular complexity index is 1240. The fourth-order valence-electron chi connectivity index (χ4n) is 3.06. The largest absolute Gasteiger partial charge is 0.465 e. The lowest BCUT2D eigenvalue weighted by molar-refractivity contribution is 0.0602. The fourth-order valence-corrected chi connectivity index (χ4v) is 3.06. The van der Waals surface area contributed by atoms with Crippen LogP contribution in [0.4, 0.5) is 0 Å². The van der Waals surface area contributed by atoms with Crippen LogP contribution in [0.3, 0.4) is 0 Å². The average molecular weight is 348 g/mol. The Morgan fingerprint density at radius 2 is 1.96 bits per heavy atom. The van der Waals surface area contributed by atoms with Crippen molar-refractivity contribution in [3.8, 4) is 5.69 Å². The quantitative estimate of drug-likeness (QED) is 0.520. The van der Waals surface area contributed by atoms with Crippen molar-refractivity contribution in [1.82, 2.24) is 19.2 Å². The summed E-state index contributed by atoms with van der Waals surface area (Å²) in [5.74, 6) is -0.518. The minimum atomic E-state index is -0.518. The molecular formula is C19H16N4O3. The van der Waals surface area contributed by atoms with Crippen molar-refractivity contribution in [3.63, 3.8) is 0 Å². The Kier molecular flexibility index (Phi) is 3.57. The highest BCUT2D eigenvalue weighted by Gasteiger charge is 2.17. The first-order valence-corrected chi connectivity index (χ1v) is 8.06. The fraction of sp³-hybridized carbons (Fsp3) is 0.158. The number of aryl methyl sites for hydroxylation is 1. The lowest BCUT2D eigenvalue weighted by atomic mass is 10.1. The minimum Gasteiger partial charge on any atom is -0.465 e. The van der Waals surface area contributed by atoms with Crippen LogP contribution in [0.5, 0.6) is 0 Å². The number of carbonyl (C=O) groups is 1. The van der Waals surface area contributed by atoms with Gasteiger partial charge in [0.15, 0.2) is 5.65 Å². The Hall–Kier alpha value is -3.48. The van der Waals surface area contributed by atoms with Gasteiger partial charge in [0.05, 0.1) is 29.9 Å². The summed E-state index contributed by atoms with van der Waals surface area (Å²) >= 11 is 0. The molecule has 0 unspecified atom stereocenters. The molecule has 0 aliphatic rings. The van der Waals surface area contributed by atoms with E-state index in [2.05, 4.69) is 10.1 Å². The van der Waals surface area contributed by atoms with Gasteiger partial charge in [-0.3, -0.25) is 9.36 Å². The number of methoxy groups -OCH3 is 1. The lowest BCUT2D eigenvalue weighted by Crippen LogP contribution is -2.20. The number of hydrogen-bond acceptors (Lipinski definition) is 5. The number of benzene rings is 1. The second kappa shape index (κ2) is 5.80. The Balaban J connectivity index is 2.00. The summed E-state index contributed by atoms with van der Waals surface area (Å²) in [7, 11) is 1.30. The molecule has 0 spiro atoms. The van der Waals surface area contributed by atoms with E-state index in [1.807, 2.05) is 32.0 Å². The summed E-state index contributed by atoms with van der Waals surface area (Å²) in [4.78, 5) is 29.1. The molecule has 0 N–H and O–H groups in total. The molecule has 4 aromatic rings. The van der Waals surface area contributed by atoms with E-state index >= 15 is 0 Å². The van der Waals surface area contributed by atoms with Gasteiger partial charge >= 0.3 is 5.97 Å². The molecule has 3 heterocycles. The summed E-state index contributed by atoms with van der Waals surface area (Å²) in [6.45, 7) is 3.99. The van der Waals surface area contributed by atoms with Crippen LogP contribution in [0.1, 0.15) is 21.5 Å². The van der Waals surface area contributed by atoms with Crippen molar-refractivity contribution in [1.29, 1.82) is 0 Å². The van der Waals surface area contributed by atoms with E-state index in [9.17, 15) is 9.59 Å². The number of carbonyl (C=O) groups excluding carboxylic acids is 1. The first-order valence-electron chi connectivity index (χ1n) is 8.06. The number of hydrogen-bond donors (Lipinski definition) is 0. The highest BCUT2D eigenvalue weighted by atomic mass is 16.5. The van der Waals surface area contributed by atoms with E-state index in [1.165, 1.54) is 24.0 Å². The number of rotatable bonds is 2. The molecule has 7 nitrogen and oxygen atoms in total. The molecule has 0 radical (unpaired) electrons. The van der Waals surface area contributed by atoms with E-state index in [0.717, 1.165) is 16.8 Å². The van der Waals surface area contributed by atoms with E-state index in [1.54, 1.807) is 16.8 Å². The molecule has 3 aromatic heterocycles. The molecule has 0 saturated heterocycles. The zero-order valence-corrected chi connectivity index (χ0v) is 14.6. The van der Waals surface area contributed by atoms with Crippen molar-refractivity contribution in [3.05, 3.63) is 69.9 Å². The van der Waals surface area contributed by atoms with E-state index < -0.39 is 5.97 Å². The van der Waals surface area contributed by atoms with Crippen LogP contribution in [0.25, 0.3) is 22.2 Å². The minimum absolute atomic E-state index is 0.194. The topological polar surface area (TPSA) is 78.5 Å². The first kappa shape index (κ1) is 16.0. The van der Waals surface area contributed by atoms with Gasteiger partial charge in [0, 0.05) is 12.4 Å². The predicted molar refractivity (Wildman–Crippen MR) is 96.9 cm³/mol. The van der Waals surface area contributed by atoms with Crippen LogP contribution >= 0.6 is 0 Å². The third-order valence-corrected chi connectivity index (χ3v) is 4.64. The smallest absolute Gasteiger partial charge is 0.343 e. The third-order valence-electron chi connectivity index (χ3n) is 4.64. The summed E-state index contributed by atoms with van der Waals surface area (Å²) < 4.78 is 7.82. The van der Waals surface area contributed by atoms with Crippen LogP contribution in [0, 0.1) is 13.8 Å². The molecule has 4 rings (SSSR count). The zero-order chi connectivity index (χ0) is 18.4. The summed E-state index contributed by atoms with van der Waals surface area (Å²) in [5, 5.41) is 4.61. The second-order valence-electron chi connectivity index (χ2n) is 6.05. The predicted octanol–water partition coefficient (Wildman–Crippen LogP) is 2.44. The normalized spacial score (nSPS) is 11.2. The summed E-state index contributed by atoms with van der Waals surface area (Å²) in [6, 6.07) is 7.63. The molecule has 0 amide bonds. The lowest BCUT2D eigenvalue weighted by Gasteiger charge is -2.12. The van der Waals surface area contributed by atoms with Gasteiger partial charge in [-0.15, -0.1) is 0 Å². The van der Waals surface area contributed by atoms with Gasteiger partial charge in [0.2, 0.25) is 0 Å². The molecule has 0 atom stereocenters. The van der Waals surface area contributed by atoms with Gasteiger partial charge in [0.1, 0.15) is 5.56 Å². The van der Waals surface area contributed by atoms with E-state index in [0.29, 0.717) is 16.6 Å². The van der Waals surface area contributed by atoms with Crippen molar-refractivity contribution in [2.45, 2.75) is 13.8 Å². The summed E-state index contributed by atoms with van der Waals surface area (Å²) in [5.41, 5.74) is 3.97. The van der Waals surface area contributed by atoms with Crippen molar-refractivity contribution >= 4 is 22.5 Å². The van der Waals surface area contributed by atoms with E-state index in [4.69, 9.17) is 4.74 Å². The van der Waals surface area contributed by atoms with Crippen LogP contribution in [0.2, 0.25) is 0 Å². The maximum absolute atomic E-state index is 13.0. The third kappa shape index (κ3) is 2.21. The van der Waals surface area contributed by atoms with Crippen molar-refractivity contribution < 1.29 is 9.53 Å². The monoisotopic (exact) mass is 348 g/mol. The molecule has 0 saturated carbocycles. The second-order valence-corrected chi connectivity index (χ2v) is 6.05. The van der Waals surface area contributed by atoms with Crippen LogP contribution in [0.15, 0.2) is 47.7 Å². The Labute approximate surface area is 148 Å². The van der Waals surface area contributed by atoms with Gasteiger partial charge < -0.3 is 4.74 Å². The van der Waals surface area contributed by atoms with Crippen molar-refractivity contribution in [2.24, 2.45) is 0 Å². The van der Waals surface area contributed by atoms with Gasteiger partial charge in [-0.05, 0) is 37.1 Å². The number of ether oxygens (including phenoxy) is 1. The Morgan fingerprint density at radius 1 is 1.15 bits per heavy atom. The highest BCUT2D eigenvalue weighted by molar-refractivity contribution is 5.96. The molecule has 26 heavy (non-hydrogen) atoms. The van der Waals surface area contributed by atoms with Gasteiger partial charge in [-0.25, -0.2) is 14.3 Å². The number of esters is 1. The number of fused-ring (bicyclic) bond motifs is 3. The van der Waals surface area contributed by atoms with Crippen LogP contribution in [-0.2, 0) is 4.74 Å². The van der Waals surface area contributed by atoms with E-state index in [-0.39, 0.29) is 11.1 Å². The standard InChI is InChI=1S/C19H16N4O3/c1-11-5-4-6-15(12(11)2)22-8-7-16-13(18(22)24)9-20-17-14(19(25)26-3)10-21-23(16)17/h4-10H,1-3H3. The summed E-state index contributed by atoms with van der Waals surface area (Å²) in [6.07, 6.45) is 4.58. The molecule has 0 aliphatic carbocycles. The molecule has 0 fully saturated rings. The molecule has 0 aliphatic heterocycles. The Morgan fingerprint density at radius 3 is 2.73 bits per heavy atom. The van der Waals surface area contributed by atoms with Crippen LogP contribution < -0.4 is 5.56 Å². The highest BCUT2D eigenvalue weighted by Crippen LogP contribution is 2.19. The number of pyridine rings is 1. The molecule has 0 bridgehead atoms. The van der Waals surface area contributed by atoms with Gasteiger partial charge in [-0.2, -0.15) is 5.10 Å². The maximum Gasteiger partial charge on any atom is 0.343 e. The average Bonchev–Trinajstić information content (AvgIpc) is 3.08. The molecule has 130 valence electrons. The molecule has 1 aromatic carbocycles. The van der Waals surface area contributed by atoms with Gasteiger partial charge in [-0.1, -0.05) is 12.1 Å². The number of aromatic nitrogens is 4. The molecular weight excluding hydrogens is 332 g/mol. The van der Waals surface area contributed by atoms with Crippen molar-refractivity contribution in [2.75, 3.05) is 7.11 Å². The SMILES string of the molecule is COC(=O)c1cnn2c1ncc1c(=O)n(-c3cccc(C)c3C)ccc12. The maximum atomic E-state index is 13.0. The van der Waals surface area contributed by atoms with Crippen LogP contribution in [-0.4, -0.2) is 32.2 Å².